The third-order valence-corrected chi connectivity index (χ3v) is 10.1. The van der Waals surface area contributed by atoms with Crippen molar-refractivity contribution in [2.45, 2.75) is 187 Å². The van der Waals surface area contributed by atoms with Crippen molar-refractivity contribution >= 4 is 13.8 Å². The van der Waals surface area contributed by atoms with E-state index in [2.05, 4.69) is 50.3 Å². The summed E-state index contributed by atoms with van der Waals surface area (Å²) in [5, 5.41) is 0. The molecular weight excluding hydrogens is 685 g/mol. The molecule has 0 saturated carbocycles. The summed E-state index contributed by atoms with van der Waals surface area (Å²) in [7, 11) is 1.35. The molecule has 0 aliphatic heterocycles. The lowest BCUT2D eigenvalue weighted by molar-refractivity contribution is -0.870. The zero-order chi connectivity index (χ0) is 39.1. The van der Waals surface area contributed by atoms with Crippen LogP contribution < -0.4 is 4.89 Å². The van der Waals surface area contributed by atoms with Gasteiger partial charge in [-0.1, -0.05) is 140 Å². The highest BCUT2D eigenvalue weighted by Gasteiger charge is 2.20. The number of hydrogen-bond donors (Lipinski definition) is 0. The first-order valence-electron chi connectivity index (χ1n) is 21.7. The van der Waals surface area contributed by atoms with E-state index < -0.39 is 13.9 Å². The predicted molar refractivity (Wildman–Crippen MR) is 222 cm³/mol. The Morgan fingerprint density at radius 3 is 1.58 bits per heavy atom. The number of hydrogen-bond acceptors (Lipinski definition) is 7. The molecule has 0 amide bonds. The van der Waals surface area contributed by atoms with Crippen LogP contribution in [0.25, 0.3) is 0 Å². The van der Waals surface area contributed by atoms with Crippen molar-refractivity contribution in [1.82, 2.24) is 0 Å². The van der Waals surface area contributed by atoms with Crippen LogP contribution in [0, 0.1) is 0 Å². The van der Waals surface area contributed by atoms with Crippen LogP contribution in [-0.4, -0.2) is 70.7 Å². The van der Waals surface area contributed by atoms with Gasteiger partial charge >= 0.3 is 5.97 Å². The topological polar surface area (TPSA) is 94.1 Å². The molecule has 312 valence electrons. The third kappa shape index (κ3) is 41.7. The molecule has 0 saturated heterocycles. The molecule has 0 heterocycles. The van der Waals surface area contributed by atoms with Gasteiger partial charge in [0, 0.05) is 13.0 Å². The highest BCUT2D eigenvalue weighted by molar-refractivity contribution is 7.45. The zero-order valence-corrected chi connectivity index (χ0v) is 36.1. The minimum Gasteiger partial charge on any atom is -0.756 e. The molecule has 2 unspecified atom stereocenters. The van der Waals surface area contributed by atoms with Gasteiger partial charge in [-0.15, -0.1) is 0 Å². The molecular formula is C44H84NO7P. The summed E-state index contributed by atoms with van der Waals surface area (Å²) in [5.74, 6) is -0.346. The number of allylic oxidation sites excluding steroid dienone is 6. The molecule has 0 fully saturated rings. The van der Waals surface area contributed by atoms with Gasteiger partial charge in [0.15, 0.2) is 0 Å². The van der Waals surface area contributed by atoms with Crippen LogP contribution in [-0.2, 0) is 27.9 Å². The third-order valence-electron chi connectivity index (χ3n) is 9.16. The van der Waals surface area contributed by atoms with Crippen LogP contribution in [0.15, 0.2) is 36.5 Å². The monoisotopic (exact) mass is 770 g/mol. The molecule has 0 rings (SSSR count). The van der Waals surface area contributed by atoms with Crippen LogP contribution in [0.5, 0.6) is 0 Å². The van der Waals surface area contributed by atoms with E-state index in [1.165, 1.54) is 109 Å². The first-order valence-corrected chi connectivity index (χ1v) is 23.2. The molecule has 0 aromatic carbocycles. The van der Waals surface area contributed by atoms with E-state index in [4.69, 9.17) is 18.5 Å². The number of likely N-dealkylation sites (N-methyl/N-ethyl adjacent to an activating group) is 1. The van der Waals surface area contributed by atoms with Crippen LogP contribution >= 0.6 is 7.82 Å². The summed E-state index contributed by atoms with van der Waals surface area (Å²) < 4.78 is 34.5. The zero-order valence-electron chi connectivity index (χ0n) is 35.2. The average molecular weight is 770 g/mol. The Balaban J connectivity index is 4.24. The summed E-state index contributed by atoms with van der Waals surface area (Å²) in [6.45, 7) is 5.35. The van der Waals surface area contributed by atoms with Crippen molar-refractivity contribution in [1.29, 1.82) is 0 Å². The smallest absolute Gasteiger partial charge is 0.306 e. The number of unbranched alkanes of at least 4 members (excludes halogenated alkanes) is 20. The lowest BCUT2D eigenvalue weighted by atomic mass is 10.1. The summed E-state index contributed by atoms with van der Waals surface area (Å²) >= 11 is 0. The summed E-state index contributed by atoms with van der Waals surface area (Å²) in [5.41, 5.74) is 0. The number of phosphoric acid groups is 1. The van der Waals surface area contributed by atoms with Crippen LogP contribution in [0.4, 0.5) is 0 Å². The van der Waals surface area contributed by atoms with Crippen molar-refractivity contribution in [2.24, 2.45) is 0 Å². The van der Waals surface area contributed by atoms with Crippen molar-refractivity contribution in [3.63, 3.8) is 0 Å². The Bertz CT molecular complexity index is 947. The number of rotatable bonds is 40. The molecule has 0 N–H and O–H groups in total. The summed E-state index contributed by atoms with van der Waals surface area (Å²) in [4.78, 5) is 25.0. The van der Waals surface area contributed by atoms with Crippen molar-refractivity contribution in [3.05, 3.63) is 36.5 Å². The standard InChI is InChI=1S/C44H84NO7P/c1-6-8-10-12-14-16-18-20-21-22-23-24-26-28-30-32-34-36-39-49-41-43(42-51-53(47,48)50-40-38-45(3,4)5)52-44(46)37-35-33-31-29-27-25-19-17-15-13-11-9-7-2/h14,16-17,19-21,43H,6-13,15,18,22-42H2,1-5H3/b16-14-,19-17-,21-20-. The molecule has 0 aliphatic carbocycles. The fraction of sp³-hybridized carbons (Fsp3) is 0.841. The molecule has 0 spiro atoms. The second-order valence-corrected chi connectivity index (χ2v) is 17.1. The van der Waals surface area contributed by atoms with E-state index in [0.29, 0.717) is 24.1 Å². The van der Waals surface area contributed by atoms with Gasteiger partial charge in [-0.25, -0.2) is 0 Å². The fourth-order valence-corrected chi connectivity index (χ4v) is 6.47. The molecule has 0 bridgehead atoms. The average Bonchev–Trinajstić information content (AvgIpc) is 3.11. The van der Waals surface area contributed by atoms with Gasteiger partial charge in [0.1, 0.15) is 19.3 Å². The highest BCUT2D eigenvalue weighted by atomic mass is 31.2. The van der Waals surface area contributed by atoms with Gasteiger partial charge < -0.3 is 27.9 Å². The maximum absolute atomic E-state index is 12.6. The Morgan fingerprint density at radius 2 is 1.04 bits per heavy atom. The van der Waals surface area contributed by atoms with E-state index in [1.54, 1.807) is 0 Å². The van der Waals surface area contributed by atoms with E-state index in [9.17, 15) is 14.3 Å². The minimum absolute atomic E-state index is 0.0231. The number of esters is 1. The van der Waals surface area contributed by atoms with Gasteiger partial charge in [0.25, 0.3) is 7.82 Å². The van der Waals surface area contributed by atoms with Gasteiger partial charge in [-0.2, -0.15) is 0 Å². The van der Waals surface area contributed by atoms with E-state index in [-0.39, 0.29) is 25.8 Å². The number of carbonyl (C=O) groups is 1. The van der Waals surface area contributed by atoms with Gasteiger partial charge in [0.2, 0.25) is 0 Å². The minimum atomic E-state index is -4.52. The Kier molecular flexibility index (Phi) is 36.7. The molecule has 53 heavy (non-hydrogen) atoms. The Morgan fingerprint density at radius 1 is 0.585 bits per heavy atom. The molecule has 2 atom stereocenters. The van der Waals surface area contributed by atoms with Gasteiger partial charge in [-0.3, -0.25) is 9.36 Å². The lowest BCUT2D eigenvalue weighted by Crippen LogP contribution is -2.37. The van der Waals surface area contributed by atoms with Crippen LogP contribution in [0.2, 0.25) is 0 Å². The normalized spacial score (nSPS) is 14.2. The summed E-state index contributed by atoms with van der Waals surface area (Å²) in [6.07, 6.45) is 42.9. The summed E-state index contributed by atoms with van der Waals surface area (Å²) in [6, 6.07) is 0. The van der Waals surface area contributed by atoms with Crippen LogP contribution in [0.1, 0.15) is 181 Å². The maximum Gasteiger partial charge on any atom is 0.306 e. The quantitative estimate of drug-likeness (QED) is 0.0201. The van der Waals surface area contributed by atoms with E-state index in [0.717, 1.165) is 51.4 Å². The SMILES string of the molecule is CCCCC/C=C\C/C=C\CCCCCCCCCCOCC(COP(=O)([O-])OCC[N+](C)(C)C)OC(=O)CCCCCCC/C=C\CCCCCC. The van der Waals surface area contributed by atoms with Crippen molar-refractivity contribution in [3.8, 4) is 0 Å². The molecule has 8 nitrogen and oxygen atoms in total. The molecule has 0 aromatic rings. The number of nitrogens with zero attached hydrogens (tertiary/aromatic N) is 1. The van der Waals surface area contributed by atoms with E-state index in [1.807, 2.05) is 21.1 Å². The predicted octanol–water partition coefficient (Wildman–Crippen LogP) is 12.0. The maximum atomic E-state index is 12.6. The molecule has 0 radical (unpaired) electrons. The van der Waals surface area contributed by atoms with Crippen molar-refractivity contribution in [2.75, 3.05) is 54.1 Å². The first kappa shape index (κ1) is 51.7. The van der Waals surface area contributed by atoms with Crippen LogP contribution in [0.3, 0.4) is 0 Å². The number of carbonyl (C=O) groups excluding carboxylic acids is 1. The second-order valence-electron chi connectivity index (χ2n) is 15.7. The lowest BCUT2D eigenvalue weighted by Gasteiger charge is -2.28. The highest BCUT2D eigenvalue weighted by Crippen LogP contribution is 2.38. The molecule has 0 aromatic heterocycles. The van der Waals surface area contributed by atoms with Gasteiger partial charge in [-0.05, 0) is 70.6 Å². The van der Waals surface area contributed by atoms with E-state index >= 15 is 0 Å². The number of quaternary nitrogens is 1. The fourth-order valence-electron chi connectivity index (χ4n) is 5.75. The Hall–Kier alpha value is -1.28. The second kappa shape index (κ2) is 37.6. The van der Waals surface area contributed by atoms with Gasteiger partial charge in [0.05, 0.1) is 34.4 Å². The largest absolute Gasteiger partial charge is 0.756 e. The molecule has 0 aliphatic rings. The number of phosphoric ester groups is 1. The molecule has 9 heteroatoms. The first-order chi connectivity index (χ1) is 25.6. The van der Waals surface area contributed by atoms with Crippen molar-refractivity contribution < 1.29 is 37.3 Å². The number of ether oxygens (including phenoxy) is 2. The Labute approximate surface area is 327 Å².